The molecule has 0 bridgehead atoms. The van der Waals surface area contributed by atoms with E-state index in [1.807, 2.05) is 0 Å². The first-order valence-electron chi connectivity index (χ1n) is 9.48. The molecule has 6 atom stereocenters. The highest BCUT2D eigenvalue weighted by Gasteiger charge is 2.44. The zero-order valence-electron chi connectivity index (χ0n) is 18.3. The van der Waals surface area contributed by atoms with Crippen molar-refractivity contribution in [1.29, 1.82) is 0 Å². The van der Waals surface area contributed by atoms with Crippen molar-refractivity contribution in [3.8, 4) is 0 Å². The molecule has 0 amide bonds. The van der Waals surface area contributed by atoms with Gasteiger partial charge in [-0.15, -0.1) is 0 Å². The average Bonchev–Trinajstić information content (AvgIpc) is 3.02. The number of ether oxygens (including phenoxy) is 2. The van der Waals surface area contributed by atoms with Gasteiger partial charge in [0.25, 0.3) is 11.5 Å². The number of aromatic nitrogens is 2. The molecule has 2 rings (SSSR count). The predicted octanol–water partition coefficient (Wildman–Crippen LogP) is 0.685. The second-order valence-electron chi connectivity index (χ2n) is 7.36. The van der Waals surface area contributed by atoms with Gasteiger partial charge in [0.2, 0.25) is 0 Å². The summed E-state index contributed by atoms with van der Waals surface area (Å²) in [6.45, 7) is 0.967. The Morgan fingerprint density at radius 1 is 1.28 bits per heavy atom. The highest BCUT2D eigenvalue weighted by Crippen LogP contribution is 2.66. The predicted molar refractivity (Wildman–Crippen MR) is 113 cm³/mol. The first-order chi connectivity index (χ1) is 16.3. The summed E-state index contributed by atoms with van der Waals surface area (Å²) in [5, 5.41) is 2.80. The summed E-state index contributed by atoms with van der Waals surface area (Å²) < 4.78 is 71.8. The van der Waals surface area contributed by atoms with Crippen LogP contribution in [0.4, 0.5) is 4.39 Å². The van der Waals surface area contributed by atoms with Gasteiger partial charge in [0.1, 0.15) is 6.10 Å². The van der Waals surface area contributed by atoms with E-state index >= 15 is 0 Å². The van der Waals surface area contributed by atoms with Crippen molar-refractivity contribution in [1.82, 2.24) is 9.55 Å². The highest BCUT2D eigenvalue weighted by molar-refractivity contribution is 7.66. The smallest absolute Gasteiger partial charge is 0.368 e. The number of aromatic amines is 1. The van der Waals surface area contributed by atoms with Crippen LogP contribution in [0.5, 0.6) is 0 Å². The van der Waals surface area contributed by atoms with Gasteiger partial charge in [-0.1, -0.05) is 0 Å². The van der Waals surface area contributed by atoms with Gasteiger partial charge >= 0.3 is 29.2 Å². The van der Waals surface area contributed by atoms with E-state index < -0.39 is 65.6 Å². The number of halogens is 1. The van der Waals surface area contributed by atoms with Gasteiger partial charge < -0.3 is 29.0 Å². The molecule has 36 heavy (non-hydrogen) atoms. The van der Waals surface area contributed by atoms with Crippen molar-refractivity contribution in [2.24, 2.45) is 5.11 Å². The molecule has 2 heterocycles. The van der Waals surface area contributed by atoms with Crippen molar-refractivity contribution >= 4 is 23.5 Å². The number of azide groups is 1. The lowest BCUT2D eigenvalue weighted by atomic mass is 10.1. The molecule has 19 nitrogen and oxygen atoms in total. The molecule has 1 aliphatic heterocycles. The maximum absolute atomic E-state index is 14.4. The zero-order chi connectivity index (χ0) is 27.5. The minimum atomic E-state index is -5.78. The van der Waals surface area contributed by atoms with E-state index in [0.717, 1.165) is 11.5 Å². The van der Waals surface area contributed by atoms with Gasteiger partial charge in [0.05, 0.1) is 25.4 Å². The van der Waals surface area contributed by atoms with Crippen LogP contribution < -0.4 is 11.2 Å². The summed E-state index contributed by atoms with van der Waals surface area (Å²) in [6, 6.07) is 0. The molecular weight excluding hydrogens is 562 g/mol. The molecule has 204 valence electrons. The van der Waals surface area contributed by atoms with Gasteiger partial charge in [0.15, 0.2) is 0 Å². The first kappa shape index (κ1) is 30.5. The molecule has 0 radical (unpaired) electrons. The van der Waals surface area contributed by atoms with E-state index in [9.17, 15) is 37.5 Å². The van der Waals surface area contributed by atoms with E-state index in [0.29, 0.717) is 0 Å². The van der Waals surface area contributed by atoms with Crippen LogP contribution >= 0.6 is 23.5 Å². The first-order valence-corrected chi connectivity index (χ1v) is 14.0. The van der Waals surface area contributed by atoms with Crippen LogP contribution in [0.3, 0.4) is 0 Å². The topological polar surface area (TPSA) is 282 Å². The van der Waals surface area contributed by atoms with Gasteiger partial charge in [-0.05, 0) is 17.6 Å². The molecule has 1 aromatic heterocycles. The Bertz CT molecular complexity index is 1270. The van der Waals surface area contributed by atoms with Gasteiger partial charge in [-0.25, -0.2) is 22.9 Å². The lowest BCUT2D eigenvalue weighted by Crippen LogP contribution is -2.35. The summed E-state index contributed by atoms with van der Waals surface area (Å²) in [6.07, 6.45) is -2.70. The number of H-pyrrole nitrogens is 1. The zero-order valence-corrected chi connectivity index (χ0v) is 21.0. The van der Waals surface area contributed by atoms with E-state index in [-0.39, 0.29) is 18.5 Å². The normalized spacial score (nSPS) is 25.4. The average molecular weight is 583 g/mol. The van der Waals surface area contributed by atoms with Crippen LogP contribution in [0.1, 0.15) is 18.9 Å². The fraction of sp³-hybridized carbons (Fsp3) is 0.692. The number of aryl methyl sites for hydroxylation is 1. The molecule has 1 aliphatic rings. The Hall–Kier alpha value is -1.75. The number of phosphoric acid groups is 3. The fourth-order valence-corrected chi connectivity index (χ4v) is 6.04. The van der Waals surface area contributed by atoms with Crippen LogP contribution in [0.25, 0.3) is 10.4 Å². The largest absolute Gasteiger partial charge is 0.490 e. The maximum Gasteiger partial charge on any atom is 0.490 e. The van der Waals surface area contributed by atoms with Crippen LogP contribution in [0, 0.1) is 6.92 Å². The van der Waals surface area contributed by atoms with Crippen molar-refractivity contribution in [2.75, 3.05) is 6.61 Å². The van der Waals surface area contributed by atoms with E-state index in [1.165, 1.54) is 13.1 Å². The van der Waals surface area contributed by atoms with Gasteiger partial charge in [0, 0.05) is 30.0 Å². The molecule has 3 unspecified atom stereocenters. The minimum Gasteiger partial charge on any atom is -0.368 e. The number of nitrogens with one attached hydrogen (secondary N) is 1. The molecule has 0 saturated carbocycles. The quantitative estimate of drug-likeness (QED) is 0.0744. The summed E-state index contributed by atoms with van der Waals surface area (Å²) in [5.74, 6) is -2.92. The lowest BCUT2D eigenvalue weighted by Gasteiger charge is -2.25. The number of hydrogen-bond donors (Lipinski definition) is 5. The van der Waals surface area contributed by atoms with Gasteiger partial charge in [-0.2, -0.15) is 8.62 Å². The number of nitrogens with zero attached hydrogens (tertiary/aromatic N) is 4. The standard InChI is InChI=1S/C13H21FN5O14P3/c1-7-4-19(12(21)16-11(7)20)5-8-3-9(31-13(2,14)17-18-15)10(30-8)6-29-35(25,26)33-36(27,28)32-34(22,23)24/h4,8-10H,3,5-6H2,1-2H3,(H,25,26)(H,27,28)(H,16,20,21)(H2,22,23,24)/t8-,9?,10-,13-/m1/s1. The molecule has 1 aromatic rings. The number of alkyl halides is 1. The van der Waals surface area contributed by atoms with Crippen molar-refractivity contribution in [3.63, 3.8) is 0 Å². The third-order valence-electron chi connectivity index (χ3n) is 4.27. The van der Waals surface area contributed by atoms with Crippen LogP contribution in [0.2, 0.25) is 0 Å². The molecule has 1 saturated heterocycles. The third kappa shape index (κ3) is 9.61. The second-order valence-corrected chi connectivity index (χ2v) is 11.8. The summed E-state index contributed by atoms with van der Waals surface area (Å²) in [7, 11) is -16.9. The van der Waals surface area contributed by atoms with Crippen LogP contribution in [0.15, 0.2) is 20.9 Å². The molecule has 1 fully saturated rings. The van der Waals surface area contributed by atoms with E-state index in [4.69, 9.17) is 24.8 Å². The molecule has 5 N–H and O–H groups in total. The summed E-state index contributed by atoms with van der Waals surface area (Å²) >= 11 is 0. The molecule has 0 spiro atoms. The Balaban J connectivity index is 2.18. The Morgan fingerprint density at radius 2 is 1.92 bits per heavy atom. The Labute approximate surface area is 199 Å². The molecule has 0 aliphatic carbocycles. The number of hydrogen-bond acceptors (Lipinski definition) is 11. The second kappa shape index (κ2) is 11.3. The summed E-state index contributed by atoms with van der Waals surface area (Å²) in [5.41, 5.74) is 7.24. The Kier molecular flexibility index (Phi) is 9.59. The van der Waals surface area contributed by atoms with Gasteiger partial charge in [-0.3, -0.25) is 18.9 Å². The number of phosphoric ester groups is 1. The van der Waals surface area contributed by atoms with Crippen molar-refractivity contribution in [2.45, 2.75) is 51.1 Å². The Morgan fingerprint density at radius 3 is 2.50 bits per heavy atom. The van der Waals surface area contributed by atoms with E-state index in [2.05, 4.69) is 28.2 Å². The third-order valence-corrected chi connectivity index (χ3v) is 8.08. The van der Waals surface area contributed by atoms with Crippen LogP contribution in [-0.4, -0.2) is 60.0 Å². The lowest BCUT2D eigenvalue weighted by molar-refractivity contribution is -0.178. The van der Waals surface area contributed by atoms with E-state index in [1.54, 1.807) is 0 Å². The summed E-state index contributed by atoms with van der Waals surface area (Å²) in [4.78, 5) is 63.9. The molecule has 0 aromatic carbocycles. The molecular formula is C13H21FN5O14P3. The number of rotatable bonds is 12. The van der Waals surface area contributed by atoms with Crippen molar-refractivity contribution in [3.05, 3.63) is 43.0 Å². The molecule has 23 heteroatoms. The SMILES string of the molecule is Cc1cn(C[C@H]2CC(O[C@](C)(F)N=[N+]=[N-])[C@@H](COP(=O)(O)OP(=O)(O)OP(=O)(O)O)O2)c(=O)[nH]c1=O. The fourth-order valence-electron chi connectivity index (χ4n) is 3.01. The highest BCUT2D eigenvalue weighted by atomic mass is 31.3. The van der Waals surface area contributed by atoms with Crippen LogP contribution in [-0.2, 0) is 42.9 Å². The maximum atomic E-state index is 14.4. The minimum absolute atomic E-state index is 0.185. The van der Waals surface area contributed by atoms with Crippen molar-refractivity contribution < 1.29 is 60.3 Å². The monoisotopic (exact) mass is 583 g/mol.